The molecule has 2 amide bonds. The Balaban J connectivity index is 1.52. The number of hydrazine groups is 1. The van der Waals surface area contributed by atoms with Crippen LogP contribution in [0.15, 0.2) is 89.8 Å². The van der Waals surface area contributed by atoms with Gasteiger partial charge in [-0.25, -0.2) is 8.42 Å². The summed E-state index contributed by atoms with van der Waals surface area (Å²) in [5.41, 5.74) is 7.72. The van der Waals surface area contributed by atoms with E-state index in [4.69, 9.17) is 0 Å². The molecule has 0 aromatic heterocycles. The van der Waals surface area contributed by atoms with Crippen LogP contribution in [0.5, 0.6) is 0 Å². The Morgan fingerprint density at radius 1 is 0.824 bits per heavy atom. The highest BCUT2D eigenvalue weighted by molar-refractivity contribution is 8.00. The van der Waals surface area contributed by atoms with Gasteiger partial charge in [0.1, 0.15) is 0 Å². The monoisotopic (exact) mass is 497 g/mol. The zero-order valence-electron chi connectivity index (χ0n) is 19.0. The third kappa shape index (κ3) is 6.93. The van der Waals surface area contributed by atoms with E-state index in [0.717, 1.165) is 21.0 Å². The molecule has 34 heavy (non-hydrogen) atoms. The summed E-state index contributed by atoms with van der Waals surface area (Å²) >= 11 is 1.43. The molecule has 0 aliphatic rings. The largest absolute Gasteiger partial charge is 0.272 e. The van der Waals surface area contributed by atoms with Crippen molar-refractivity contribution in [1.82, 2.24) is 15.2 Å². The molecule has 0 spiro atoms. The van der Waals surface area contributed by atoms with Crippen molar-refractivity contribution < 1.29 is 18.0 Å². The fourth-order valence-electron chi connectivity index (χ4n) is 3.19. The highest BCUT2D eigenvalue weighted by atomic mass is 32.2. The maximum Gasteiger partial charge on any atom is 0.253 e. The van der Waals surface area contributed by atoms with E-state index in [1.165, 1.54) is 30.9 Å². The molecule has 0 saturated heterocycles. The number of amides is 2. The number of rotatable bonds is 9. The Morgan fingerprint density at radius 2 is 1.32 bits per heavy atom. The first-order chi connectivity index (χ1) is 16.3. The molecule has 0 fully saturated rings. The van der Waals surface area contributed by atoms with E-state index in [1.807, 2.05) is 67.6 Å². The second-order valence-electron chi connectivity index (χ2n) is 7.68. The number of nitrogens with one attached hydrogen (secondary N) is 2. The van der Waals surface area contributed by atoms with Crippen LogP contribution in [0.25, 0.3) is 0 Å². The fourth-order valence-corrected chi connectivity index (χ4v) is 5.41. The smallest absolute Gasteiger partial charge is 0.253 e. The Labute approximate surface area is 204 Å². The van der Waals surface area contributed by atoms with Crippen molar-refractivity contribution in [3.05, 3.63) is 102 Å². The van der Waals surface area contributed by atoms with Gasteiger partial charge in [0.15, 0.2) is 0 Å². The van der Waals surface area contributed by atoms with Crippen molar-refractivity contribution in [3.8, 4) is 0 Å². The van der Waals surface area contributed by atoms with Crippen molar-refractivity contribution >= 4 is 33.6 Å². The molecule has 0 heterocycles. The molecule has 3 aromatic carbocycles. The Morgan fingerprint density at radius 3 is 1.85 bits per heavy atom. The highest BCUT2D eigenvalue weighted by Crippen LogP contribution is 2.35. The van der Waals surface area contributed by atoms with Crippen LogP contribution in [-0.4, -0.2) is 43.9 Å². The number of nitrogens with zero attached hydrogens (tertiary/aromatic N) is 1. The minimum atomic E-state index is -3.82. The van der Waals surface area contributed by atoms with Crippen molar-refractivity contribution in [2.24, 2.45) is 0 Å². The number of carbonyl (C=O) groups is 2. The number of hydrogen-bond acceptors (Lipinski definition) is 5. The quantitative estimate of drug-likeness (QED) is 0.443. The molecule has 7 nitrogen and oxygen atoms in total. The Bertz CT molecular complexity index is 1160. The molecule has 9 heteroatoms. The Kier molecular flexibility index (Phi) is 8.86. The second-order valence-corrected chi connectivity index (χ2v) is 10.8. The first-order valence-electron chi connectivity index (χ1n) is 10.6. The molecule has 0 aliphatic heterocycles. The third-order valence-corrected chi connectivity index (χ3v) is 8.15. The van der Waals surface area contributed by atoms with Crippen molar-refractivity contribution in [1.29, 1.82) is 0 Å². The number of likely N-dealkylation sites (N-methyl/N-ethyl adjacent to an activating group) is 1. The summed E-state index contributed by atoms with van der Waals surface area (Å²) in [6.07, 6.45) is 0. The summed E-state index contributed by atoms with van der Waals surface area (Å²) in [6.45, 7) is 1.43. The van der Waals surface area contributed by atoms with Crippen LogP contribution < -0.4 is 10.9 Å². The minimum absolute atomic E-state index is 0.0466. The molecule has 0 aliphatic carbocycles. The molecule has 0 saturated carbocycles. The minimum Gasteiger partial charge on any atom is -0.272 e. The van der Waals surface area contributed by atoms with Crippen LogP contribution in [0.3, 0.4) is 0 Å². The predicted octanol–water partition coefficient (Wildman–Crippen LogP) is 3.29. The van der Waals surface area contributed by atoms with E-state index in [1.54, 1.807) is 12.1 Å². The lowest BCUT2D eigenvalue weighted by atomic mass is 10.0. The summed E-state index contributed by atoms with van der Waals surface area (Å²) in [4.78, 5) is 24.7. The van der Waals surface area contributed by atoms with E-state index in [2.05, 4.69) is 10.9 Å². The summed E-state index contributed by atoms with van der Waals surface area (Å²) in [7, 11) is -2.50. The lowest BCUT2D eigenvalue weighted by Gasteiger charge is -2.18. The summed E-state index contributed by atoms with van der Waals surface area (Å²) in [5, 5.41) is -0.0466. The van der Waals surface area contributed by atoms with Gasteiger partial charge in [-0.15, -0.1) is 11.8 Å². The van der Waals surface area contributed by atoms with Gasteiger partial charge in [-0.1, -0.05) is 78.4 Å². The molecule has 0 unspecified atom stereocenters. The maximum atomic E-state index is 12.6. The molecular weight excluding hydrogens is 470 g/mol. The number of aryl methyl sites for hydroxylation is 1. The molecule has 2 N–H and O–H groups in total. The van der Waals surface area contributed by atoms with Gasteiger partial charge < -0.3 is 0 Å². The number of hydrogen-bond donors (Lipinski definition) is 2. The van der Waals surface area contributed by atoms with Crippen LogP contribution in [0.2, 0.25) is 0 Å². The molecule has 0 atom stereocenters. The lowest BCUT2D eigenvalue weighted by molar-refractivity contribution is -0.127. The predicted molar refractivity (Wildman–Crippen MR) is 134 cm³/mol. The molecular formula is C25H27N3O4S2. The summed E-state index contributed by atoms with van der Waals surface area (Å²) < 4.78 is 26.2. The topological polar surface area (TPSA) is 95.6 Å². The SMILES string of the molecule is Cc1ccc(S(=O)(=O)N(C)CC(=O)NNC(=O)CSC(c2ccccc2)c2ccccc2)cc1. The van der Waals surface area contributed by atoms with Crippen LogP contribution >= 0.6 is 11.8 Å². The van der Waals surface area contributed by atoms with Gasteiger partial charge in [0.25, 0.3) is 5.91 Å². The average Bonchev–Trinajstić information content (AvgIpc) is 2.84. The third-order valence-electron chi connectivity index (χ3n) is 5.02. The van der Waals surface area contributed by atoms with Gasteiger partial charge in [0.2, 0.25) is 15.9 Å². The lowest BCUT2D eigenvalue weighted by Crippen LogP contribution is -2.47. The highest BCUT2D eigenvalue weighted by Gasteiger charge is 2.23. The van der Waals surface area contributed by atoms with E-state index < -0.39 is 22.5 Å². The first kappa shape index (κ1) is 25.5. The van der Waals surface area contributed by atoms with Gasteiger partial charge in [-0.05, 0) is 30.2 Å². The molecule has 3 aromatic rings. The van der Waals surface area contributed by atoms with Gasteiger partial charge >= 0.3 is 0 Å². The fraction of sp³-hybridized carbons (Fsp3) is 0.200. The molecule has 178 valence electrons. The van der Waals surface area contributed by atoms with Crippen molar-refractivity contribution in [2.75, 3.05) is 19.3 Å². The number of thioether (sulfide) groups is 1. The second kappa shape index (κ2) is 11.8. The first-order valence-corrected chi connectivity index (χ1v) is 13.1. The summed E-state index contributed by atoms with van der Waals surface area (Å²) in [6, 6.07) is 26.1. The van der Waals surface area contributed by atoms with Gasteiger partial charge in [0, 0.05) is 7.05 Å². The van der Waals surface area contributed by atoms with Crippen molar-refractivity contribution in [3.63, 3.8) is 0 Å². The van der Waals surface area contributed by atoms with Crippen LogP contribution in [-0.2, 0) is 19.6 Å². The van der Waals surface area contributed by atoms with E-state index in [0.29, 0.717) is 0 Å². The molecule has 0 bridgehead atoms. The molecule has 3 rings (SSSR count). The van der Waals surface area contributed by atoms with E-state index in [-0.39, 0.29) is 21.8 Å². The normalized spacial score (nSPS) is 11.4. The van der Waals surface area contributed by atoms with Crippen molar-refractivity contribution in [2.45, 2.75) is 17.1 Å². The number of carbonyl (C=O) groups excluding carboxylic acids is 2. The summed E-state index contributed by atoms with van der Waals surface area (Å²) in [5.74, 6) is -0.926. The van der Waals surface area contributed by atoms with E-state index in [9.17, 15) is 18.0 Å². The average molecular weight is 498 g/mol. The zero-order valence-corrected chi connectivity index (χ0v) is 20.6. The maximum absolute atomic E-state index is 12.6. The van der Waals surface area contributed by atoms with Crippen LogP contribution in [0, 0.1) is 6.92 Å². The van der Waals surface area contributed by atoms with Gasteiger partial charge in [0.05, 0.1) is 22.4 Å². The zero-order chi connectivity index (χ0) is 24.6. The van der Waals surface area contributed by atoms with Crippen LogP contribution in [0.1, 0.15) is 21.9 Å². The van der Waals surface area contributed by atoms with Gasteiger partial charge in [-0.3, -0.25) is 20.4 Å². The standard InChI is InChI=1S/C25H27N3O4S2/c1-19-13-15-22(16-14-19)34(31,32)28(2)17-23(29)26-27-24(30)18-33-25(20-9-5-3-6-10-20)21-11-7-4-8-12-21/h3-16,25H,17-18H2,1-2H3,(H,26,29)(H,27,30). The van der Waals surface area contributed by atoms with Crippen LogP contribution in [0.4, 0.5) is 0 Å². The number of sulfonamides is 1. The molecule has 0 radical (unpaired) electrons. The van der Waals surface area contributed by atoms with Gasteiger partial charge in [-0.2, -0.15) is 4.31 Å². The Hall–Kier alpha value is -3.14. The number of benzene rings is 3. The van der Waals surface area contributed by atoms with E-state index >= 15 is 0 Å².